The van der Waals surface area contributed by atoms with Crippen molar-refractivity contribution in [2.24, 2.45) is 16.5 Å². The third kappa shape index (κ3) is 4.67. The monoisotopic (exact) mass is 211 g/mol. The molecule has 0 aromatic heterocycles. The van der Waals surface area contributed by atoms with Gasteiger partial charge in [-0.1, -0.05) is 45.2 Å². The Morgan fingerprint density at radius 1 is 1.20 bits per heavy atom. The number of rotatable bonds is 3. The second-order valence-corrected chi connectivity index (χ2v) is 5.84. The summed E-state index contributed by atoms with van der Waals surface area (Å²) >= 11 is 0. The van der Waals surface area contributed by atoms with Gasteiger partial charge in [-0.3, -0.25) is 0 Å². The van der Waals surface area contributed by atoms with Crippen molar-refractivity contribution in [3.63, 3.8) is 0 Å². The van der Waals surface area contributed by atoms with Crippen molar-refractivity contribution >= 4 is 5.71 Å². The van der Waals surface area contributed by atoms with E-state index in [-0.39, 0.29) is 0 Å². The maximum Gasteiger partial charge on any atom is 0.106 e. The van der Waals surface area contributed by atoms with Crippen molar-refractivity contribution in [2.45, 2.75) is 59.3 Å². The van der Waals surface area contributed by atoms with Crippen LogP contribution in [-0.2, 0) is 4.84 Å². The Bertz CT molecular complexity index is 209. The molecule has 0 spiro atoms. The molecule has 0 aliphatic heterocycles. The van der Waals surface area contributed by atoms with E-state index in [4.69, 9.17) is 4.84 Å². The third-order valence-corrected chi connectivity index (χ3v) is 3.00. The molecule has 0 aromatic carbocycles. The molecule has 1 fully saturated rings. The zero-order chi connectivity index (χ0) is 11.3. The van der Waals surface area contributed by atoms with Gasteiger partial charge in [0.2, 0.25) is 0 Å². The maximum absolute atomic E-state index is 4.99. The van der Waals surface area contributed by atoms with Crippen LogP contribution in [0.4, 0.5) is 0 Å². The summed E-state index contributed by atoms with van der Waals surface area (Å²) in [6.45, 7) is 6.79. The molecule has 88 valence electrons. The maximum atomic E-state index is 4.99. The lowest BCUT2D eigenvalue weighted by atomic mass is 9.79. The molecule has 0 aromatic rings. The highest BCUT2D eigenvalue weighted by atomic mass is 16.6. The van der Waals surface area contributed by atoms with Crippen molar-refractivity contribution in [1.82, 2.24) is 0 Å². The second-order valence-electron chi connectivity index (χ2n) is 5.84. The molecule has 1 aliphatic rings. The van der Waals surface area contributed by atoms with Crippen LogP contribution in [0.25, 0.3) is 0 Å². The molecular weight excluding hydrogens is 186 g/mol. The molecule has 0 heterocycles. The fourth-order valence-corrected chi connectivity index (χ4v) is 2.35. The summed E-state index contributed by atoms with van der Waals surface area (Å²) in [6, 6.07) is 0. The van der Waals surface area contributed by atoms with Gasteiger partial charge in [-0.25, -0.2) is 0 Å². The Morgan fingerprint density at radius 2 is 1.80 bits per heavy atom. The Hall–Kier alpha value is -0.530. The lowest BCUT2D eigenvalue weighted by molar-refractivity contribution is 0.206. The van der Waals surface area contributed by atoms with E-state index in [0.717, 1.165) is 6.42 Å². The first kappa shape index (κ1) is 12.5. The SMILES string of the molecule is CO/N=C(\CC(C)(C)C)C1CCCCC1. The molecule has 0 N–H and O–H groups in total. The first-order chi connectivity index (χ1) is 7.03. The number of oxime groups is 1. The average Bonchev–Trinajstić information content (AvgIpc) is 2.17. The number of nitrogens with zero attached hydrogens (tertiary/aromatic N) is 1. The van der Waals surface area contributed by atoms with E-state index in [9.17, 15) is 0 Å². The Balaban J connectivity index is 2.60. The van der Waals surface area contributed by atoms with Gasteiger partial charge in [-0.2, -0.15) is 0 Å². The molecule has 1 aliphatic carbocycles. The van der Waals surface area contributed by atoms with Gasteiger partial charge < -0.3 is 4.84 Å². The lowest BCUT2D eigenvalue weighted by Gasteiger charge is -2.27. The van der Waals surface area contributed by atoms with Crippen LogP contribution in [-0.4, -0.2) is 12.8 Å². The van der Waals surface area contributed by atoms with Crippen molar-refractivity contribution in [3.05, 3.63) is 0 Å². The van der Waals surface area contributed by atoms with Crippen LogP contribution in [0.15, 0.2) is 5.16 Å². The van der Waals surface area contributed by atoms with E-state index >= 15 is 0 Å². The molecule has 15 heavy (non-hydrogen) atoms. The average molecular weight is 211 g/mol. The highest BCUT2D eigenvalue weighted by molar-refractivity contribution is 5.86. The van der Waals surface area contributed by atoms with Gasteiger partial charge in [-0.05, 0) is 24.7 Å². The minimum atomic E-state index is 0.314. The first-order valence-corrected chi connectivity index (χ1v) is 6.13. The van der Waals surface area contributed by atoms with Crippen molar-refractivity contribution in [1.29, 1.82) is 0 Å². The van der Waals surface area contributed by atoms with Crippen molar-refractivity contribution < 1.29 is 4.84 Å². The van der Waals surface area contributed by atoms with Gasteiger partial charge >= 0.3 is 0 Å². The summed E-state index contributed by atoms with van der Waals surface area (Å²) in [5.74, 6) is 0.679. The smallest absolute Gasteiger partial charge is 0.106 e. The van der Waals surface area contributed by atoms with Crippen LogP contribution >= 0.6 is 0 Å². The van der Waals surface area contributed by atoms with E-state index in [1.54, 1.807) is 7.11 Å². The first-order valence-electron chi connectivity index (χ1n) is 6.13. The molecular formula is C13H25NO. The van der Waals surface area contributed by atoms with Crippen LogP contribution in [0.3, 0.4) is 0 Å². The van der Waals surface area contributed by atoms with Crippen LogP contribution in [0.2, 0.25) is 0 Å². The highest BCUT2D eigenvalue weighted by Gasteiger charge is 2.24. The second kappa shape index (κ2) is 5.53. The molecule has 2 heteroatoms. The molecule has 0 saturated heterocycles. The quantitative estimate of drug-likeness (QED) is 0.510. The summed E-state index contributed by atoms with van der Waals surface area (Å²) in [4.78, 5) is 4.99. The van der Waals surface area contributed by atoms with Gasteiger partial charge in [0.15, 0.2) is 0 Å². The van der Waals surface area contributed by atoms with Crippen LogP contribution in [0.1, 0.15) is 59.3 Å². The van der Waals surface area contributed by atoms with Gasteiger partial charge in [0.1, 0.15) is 7.11 Å². The van der Waals surface area contributed by atoms with Crippen molar-refractivity contribution in [3.8, 4) is 0 Å². The van der Waals surface area contributed by atoms with E-state index in [2.05, 4.69) is 25.9 Å². The third-order valence-electron chi connectivity index (χ3n) is 3.00. The fraction of sp³-hybridized carbons (Fsp3) is 0.923. The molecule has 0 atom stereocenters. The number of hydrogen-bond donors (Lipinski definition) is 0. The predicted molar refractivity (Wildman–Crippen MR) is 65.1 cm³/mol. The zero-order valence-electron chi connectivity index (χ0n) is 10.7. The van der Waals surface area contributed by atoms with Crippen LogP contribution in [0, 0.1) is 11.3 Å². The molecule has 0 unspecified atom stereocenters. The Kier molecular flexibility index (Phi) is 4.62. The molecule has 2 nitrogen and oxygen atoms in total. The standard InChI is InChI=1S/C13H25NO/c1-13(2,3)10-12(14-15-4)11-8-6-5-7-9-11/h11H,5-10H2,1-4H3/b14-12+. The Labute approximate surface area is 94.1 Å². The summed E-state index contributed by atoms with van der Waals surface area (Å²) in [5.41, 5.74) is 1.60. The molecule has 0 bridgehead atoms. The van der Waals surface area contributed by atoms with E-state index < -0.39 is 0 Å². The van der Waals surface area contributed by atoms with Gasteiger partial charge in [0, 0.05) is 5.92 Å². The van der Waals surface area contributed by atoms with Gasteiger partial charge in [-0.15, -0.1) is 0 Å². The number of hydrogen-bond acceptors (Lipinski definition) is 2. The lowest BCUT2D eigenvalue weighted by Crippen LogP contribution is -2.23. The van der Waals surface area contributed by atoms with E-state index in [1.165, 1.54) is 37.8 Å². The molecule has 1 rings (SSSR count). The summed E-state index contributed by atoms with van der Waals surface area (Å²) < 4.78 is 0. The minimum absolute atomic E-state index is 0.314. The van der Waals surface area contributed by atoms with Gasteiger partial charge in [0.05, 0.1) is 5.71 Å². The summed E-state index contributed by atoms with van der Waals surface area (Å²) in [5, 5.41) is 4.25. The Morgan fingerprint density at radius 3 is 2.27 bits per heavy atom. The van der Waals surface area contributed by atoms with Crippen LogP contribution in [0.5, 0.6) is 0 Å². The summed E-state index contributed by atoms with van der Waals surface area (Å²) in [7, 11) is 1.66. The summed E-state index contributed by atoms with van der Waals surface area (Å²) in [6.07, 6.45) is 7.78. The van der Waals surface area contributed by atoms with Crippen LogP contribution < -0.4 is 0 Å². The van der Waals surface area contributed by atoms with E-state index in [0.29, 0.717) is 11.3 Å². The minimum Gasteiger partial charge on any atom is -0.399 e. The topological polar surface area (TPSA) is 21.6 Å². The molecule has 0 amide bonds. The molecule has 0 radical (unpaired) electrons. The normalized spacial score (nSPS) is 20.4. The predicted octanol–water partition coefficient (Wildman–Crippen LogP) is 4.01. The van der Waals surface area contributed by atoms with E-state index in [1.807, 2.05) is 0 Å². The highest BCUT2D eigenvalue weighted by Crippen LogP contribution is 2.30. The van der Waals surface area contributed by atoms with Gasteiger partial charge in [0.25, 0.3) is 0 Å². The fourth-order valence-electron chi connectivity index (χ4n) is 2.35. The van der Waals surface area contributed by atoms with Crippen molar-refractivity contribution in [2.75, 3.05) is 7.11 Å². The molecule has 1 saturated carbocycles. The zero-order valence-corrected chi connectivity index (χ0v) is 10.7. The largest absolute Gasteiger partial charge is 0.399 e.